The van der Waals surface area contributed by atoms with Crippen molar-refractivity contribution in [2.75, 3.05) is 38.1 Å². The average Bonchev–Trinajstić information content (AvgIpc) is 3.41. The van der Waals surface area contributed by atoms with E-state index in [0.29, 0.717) is 0 Å². The molecular formula is C26H26N6. The molecule has 1 aliphatic carbocycles. The van der Waals surface area contributed by atoms with Crippen LogP contribution in [0.1, 0.15) is 16.8 Å². The number of hydrogen-bond donors (Lipinski definition) is 0. The molecule has 0 bridgehead atoms. The maximum absolute atomic E-state index is 4.82. The van der Waals surface area contributed by atoms with Crippen molar-refractivity contribution in [3.05, 3.63) is 77.9 Å². The summed E-state index contributed by atoms with van der Waals surface area (Å²) in [4.78, 5) is 14.2. The fourth-order valence-electron chi connectivity index (χ4n) is 4.75. The van der Waals surface area contributed by atoms with Gasteiger partial charge in [0.2, 0.25) is 0 Å². The molecule has 0 N–H and O–H groups in total. The Labute approximate surface area is 187 Å². The molecule has 6 rings (SSSR count). The van der Waals surface area contributed by atoms with Crippen LogP contribution in [-0.4, -0.2) is 57.9 Å². The Hall–Kier alpha value is -3.51. The molecular weight excluding hydrogens is 396 g/mol. The van der Waals surface area contributed by atoms with Crippen LogP contribution in [0.15, 0.2) is 61.1 Å². The van der Waals surface area contributed by atoms with E-state index < -0.39 is 0 Å². The molecule has 160 valence electrons. The summed E-state index contributed by atoms with van der Waals surface area (Å²) in [5, 5.41) is 5.66. The zero-order chi connectivity index (χ0) is 21.7. The number of allylic oxidation sites excluding steroid dienone is 1. The monoisotopic (exact) mass is 422 g/mol. The molecule has 0 unspecified atom stereocenters. The molecule has 1 fully saturated rings. The average molecular weight is 423 g/mol. The Kier molecular flexibility index (Phi) is 4.54. The topological polar surface area (TPSA) is 50.1 Å². The summed E-state index contributed by atoms with van der Waals surface area (Å²) in [7, 11) is 4.14. The van der Waals surface area contributed by atoms with Gasteiger partial charge >= 0.3 is 0 Å². The molecule has 4 heterocycles. The van der Waals surface area contributed by atoms with Crippen LogP contribution in [0.25, 0.3) is 27.6 Å². The summed E-state index contributed by atoms with van der Waals surface area (Å²) in [5.74, 6) is 1.05. The number of aromatic nitrogens is 4. The van der Waals surface area contributed by atoms with E-state index in [9.17, 15) is 0 Å². The van der Waals surface area contributed by atoms with E-state index in [1.54, 1.807) is 0 Å². The summed E-state index contributed by atoms with van der Waals surface area (Å²) in [6, 6.07) is 13.1. The van der Waals surface area contributed by atoms with Gasteiger partial charge in [0, 0.05) is 74.8 Å². The normalized spacial score (nSPS) is 16.4. The van der Waals surface area contributed by atoms with Crippen molar-refractivity contribution in [3.63, 3.8) is 0 Å². The van der Waals surface area contributed by atoms with Gasteiger partial charge < -0.3 is 9.80 Å². The Balaban J connectivity index is 1.34. The van der Waals surface area contributed by atoms with Crippen LogP contribution >= 0.6 is 0 Å². The molecule has 0 amide bonds. The molecule has 2 aliphatic rings. The van der Waals surface area contributed by atoms with Crippen LogP contribution in [0.4, 0.5) is 5.82 Å². The lowest BCUT2D eigenvalue weighted by molar-refractivity contribution is 0.312. The summed E-state index contributed by atoms with van der Waals surface area (Å²) < 4.78 is 1.87. The second-order valence-corrected chi connectivity index (χ2v) is 8.81. The number of hydrogen-bond acceptors (Lipinski definition) is 5. The Morgan fingerprint density at radius 3 is 2.59 bits per heavy atom. The maximum Gasteiger partial charge on any atom is 0.129 e. The van der Waals surface area contributed by atoms with Crippen molar-refractivity contribution in [2.45, 2.75) is 6.42 Å². The number of fused-ring (bicyclic) bond motifs is 2. The lowest BCUT2D eigenvalue weighted by Gasteiger charge is -2.33. The first-order valence-corrected chi connectivity index (χ1v) is 11.2. The highest BCUT2D eigenvalue weighted by molar-refractivity contribution is 5.90. The molecule has 1 aliphatic heterocycles. The Bertz CT molecular complexity index is 1340. The molecule has 0 radical (unpaired) electrons. The molecule has 4 aromatic rings. The minimum atomic E-state index is 0.874. The third-order valence-corrected chi connectivity index (χ3v) is 6.60. The maximum atomic E-state index is 4.82. The quantitative estimate of drug-likeness (QED) is 0.503. The summed E-state index contributed by atoms with van der Waals surface area (Å²) in [6.07, 6.45) is 9.16. The zero-order valence-electron chi connectivity index (χ0n) is 18.5. The minimum Gasteiger partial charge on any atom is -0.354 e. The van der Waals surface area contributed by atoms with E-state index in [0.717, 1.165) is 66.1 Å². The fourth-order valence-corrected chi connectivity index (χ4v) is 4.75. The van der Waals surface area contributed by atoms with Gasteiger partial charge in [0.15, 0.2) is 0 Å². The fraction of sp³-hybridized carbons (Fsp3) is 0.269. The standard InChI is InChI=1S/C26H26N6/c1-30-9-11-32(12-10-30)26-15-18(7-8-27-26)20-14-23-22(4-6-25(23)28-16-20)19-3-5-24-21(13-19)17-31(2)29-24/h3-5,7-8,13-17H,6,9-12H2,1-2H3. The third kappa shape index (κ3) is 3.37. The smallest absolute Gasteiger partial charge is 0.129 e. The predicted molar refractivity (Wildman–Crippen MR) is 129 cm³/mol. The largest absolute Gasteiger partial charge is 0.354 e. The van der Waals surface area contributed by atoms with Crippen LogP contribution in [0.2, 0.25) is 0 Å². The van der Waals surface area contributed by atoms with Gasteiger partial charge in [0.1, 0.15) is 5.82 Å². The highest BCUT2D eigenvalue weighted by Gasteiger charge is 2.20. The molecule has 6 heteroatoms. The summed E-state index contributed by atoms with van der Waals surface area (Å²) >= 11 is 0. The first-order chi connectivity index (χ1) is 15.6. The number of pyridine rings is 2. The van der Waals surface area contributed by atoms with Crippen molar-refractivity contribution in [2.24, 2.45) is 7.05 Å². The van der Waals surface area contributed by atoms with Crippen LogP contribution in [0, 0.1) is 0 Å². The van der Waals surface area contributed by atoms with E-state index in [2.05, 4.69) is 75.6 Å². The van der Waals surface area contributed by atoms with E-state index in [4.69, 9.17) is 4.98 Å². The lowest BCUT2D eigenvalue weighted by atomic mass is 9.97. The van der Waals surface area contributed by atoms with Crippen molar-refractivity contribution in [1.82, 2.24) is 24.6 Å². The molecule has 0 saturated carbocycles. The van der Waals surface area contributed by atoms with Crippen LogP contribution in [-0.2, 0) is 13.5 Å². The first kappa shape index (κ1) is 19.2. The van der Waals surface area contributed by atoms with E-state index in [-0.39, 0.29) is 0 Å². The Morgan fingerprint density at radius 2 is 1.72 bits per heavy atom. The van der Waals surface area contributed by atoms with E-state index >= 15 is 0 Å². The number of nitrogens with zero attached hydrogens (tertiary/aromatic N) is 6. The highest BCUT2D eigenvalue weighted by atomic mass is 15.3. The van der Waals surface area contributed by atoms with E-state index in [1.165, 1.54) is 16.7 Å². The molecule has 0 spiro atoms. The third-order valence-electron chi connectivity index (χ3n) is 6.60. The molecule has 0 atom stereocenters. The van der Waals surface area contributed by atoms with Gasteiger partial charge in [0.05, 0.1) is 11.2 Å². The minimum absolute atomic E-state index is 0.874. The van der Waals surface area contributed by atoms with Crippen molar-refractivity contribution in [1.29, 1.82) is 0 Å². The van der Waals surface area contributed by atoms with E-state index in [1.807, 2.05) is 24.1 Å². The lowest BCUT2D eigenvalue weighted by Crippen LogP contribution is -2.44. The van der Waals surface area contributed by atoms with Gasteiger partial charge in [-0.25, -0.2) is 4.98 Å². The van der Waals surface area contributed by atoms with Crippen LogP contribution in [0.5, 0.6) is 0 Å². The van der Waals surface area contributed by atoms with Crippen molar-refractivity contribution < 1.29 is 0 Å². The molecule has 3 aromatic heterocycles. The van der Waals surface area contributed by atoms with Gasteiger partial charge in [-0.1, -0.05) is 12.1 Å². The molecule has 32 heavy (non-hydrogen) atoms. The van der Waals surface area contributed by atoms with Crippen LogP contribution in [0.3, 0.4) is 0 Å². The molecule has 6 nitrogen and oxygen atoms in total. The first-order valence-electron chi connectivity index (χ1n) is 11.2. The highest BCUT2D eigenvalue weighted by Crippen LogP contribution is 2.35. The number of benzene rings is 1. The van der Waals surface area contributed by atoms with Crippen molar-refractivity contribution in [3.8, 4) is 11.1 Å². The van der Waals surface area contributed by atoms with Gasteiger partial charge in [-0.15, -0.1) is 0 Å². The zero-order valence-corrected chi connectivity index (χ0v) is 18.5. The summed E-state index contributed by atoms with van der Waals surface area (Å²) in [6.45, 7) is 4.17. The van der Waals surface area contributed by atoms with Crippen molar-refractivity contribution >= 4 is 22.3 Å². The molecule has 1 saturated heterocycles. The number of aryl methyl sites for hydroxylation is 1. The summed E-state index contributed by atoms with van der Waals surface area (Å²) in [5.41, 5.74) is 8.17. The Morgan fingerprint density at radius 1 is 0.844 bits per heavy atom. The SMILES string of the molecule is CN1CCN(c2cc(-c3cnc4c(c3)C(c3ccc5nn(C)cc5c3)=CC4)ccn2)CC1. The van der Waals surface area contributed by atoms with Crippen LogP contribution < -0.4 is 4.90 Å². The molecule has 1 aromatic carbocycles. The van der Waals surface area contributed by atoms with Gasteiger partial charge in [-0.2, -0.15) is 5.10 Å². The van der Waals surface area contributed by atoms with Gasteiger partial charge in [-0.3, -0.25) is 9.67 Å². The number of anilines is 1. The van der Waals surface area contributed by atoms with Gasteiger partial charge in [0.25, 0.3) is 0 Å². The number of likely N-dealkylation sites (N-methyl/N-ethyl adjacent to an activating group) is 1. The van der Waals surface area contributed by atoms with Gasteiger partial charge in [-0.05, 0) is 54.1 Å². The second kappa shape index (κ2) is 7.57. The predicted octanol–water partition coefficient (Wildman–Crippen LogP) is 3.77. The number of piperazine rings is 1. The number of rotatable bonds is 3. The second-order valence-electron chi connectivity index (χ2n) is 8.81.